The van der Waals surface area contributed by atoms with Crippen molar-refractivity contribution < 1.29 is 0 Å². The van der Waals surface area contributed by atoms with Gasteiger partial charge in [-0.2, -0.15) is 9.97 Å². The van der Waals surface area contributed by atoms with Crippen LogP contribution in [0.15, 0.2) is 0 Å². The van der Waals surface area contributed by atoms with Gasteiger partial charge >= 0.3 is 0 Å². The first-order valence-corrected chi connectivity index (χ1v) is 5.19. The van der Waals surface area contributed by atoms with Crippen LogP contribution in [0.3, 0.4) is 0 Å². The Labute approximate surface area is 83.0 Å². The van der Waals surface area contributed by atoms with Gasteiger partial charge in [0.05, 0.1) is 0 Å². The lowest BCUT2D eigenvalue weighted by Gasteiger charge is -2.08. The van der Waals surface area contributed by atoms with Crippen LogP contribution in [0.5, 0.6) is 0 Å². The number of nitrogen functional groups attached to an aromatic ring is 1. The van der Waals surface area contributed by atoms with Gasteiger partial charge in [-0.1, -0.05) is 6.92 Å². The van der Waals surface area contributed by atoms with Gasteiger partial charge in [0.2, 0.25) is 5.95 Å². The molecule has 2 fully saturated rings. The topological polar surface area (TPSA) is 64.7 Å². The average Bonchev–Trinajstić information content (AvgIpc) is 2.97. The molecule has 1 aromatic rings. The molecule has 2 aliphatic rings. The highest BCUT2D eigenvalue weighted by Crippen LogP contribution is 2.47. The monoisotopic (exact) mass is 190 g/mol. The zero-order valence-corrected chi connectivity index (χ0v) is 8.32. The third kappa shape index (κ3) is 1.25. The third-order valence-corrected chi connectivity index (χ3v) is 3.15. The zero-order chi connectivity index (χ0) is 9.76. The molecule has 0 atom stereocenters. The Balaban J connectivity index is 2.02. The summed E-state index contributed by atoms with van der Waals surface area (Å²) in [4.78, 5) is 13.0. The second kappa shape index (κ2) is 2.43. The standard InChI is InChI=1S/C10H14N4/c1-10(4-5-10)8-12-7(6-2-3-6)13-9(11)14-8/h6H,2-5H2,1H3,(H2,11,12,13,14). The Hall–Kier alpha value is -1.19. The molecule has 0 radical (unpaired) electrons. The van der Waals surface area contributed by atoms with E-state index in [2.05, 4.69) is 21.9 Å². The molecule has 2 saturated carbocycles. The molecule has 0 unspecified atom stereocenters. The quantitative estimate of drug-likeness (QED) is 0.765. The molecule has 2 N–H and O–H groups in total. The predicted molar refractivity (Wildman–Crippen MR) is 52.8 cm³/mol. The lowest BCUT2D eigenvalue weighted by molar-refractivity contribution is 0.684. The van der Waals surface area contributed by atoms with Crippen molar-refractivity contribution in [2.75, 3.05) is 5.73 Å². The van der Waals surface area contributed by atoms with Crippen molar-refractivity contribution in [1.82, 2.24) is 15.0 Å². The minimum atomic E-state index is 0.195. The lowest BCUT2D eigenvalue weighted by Crippen LogP contribution is -2.12. The molecule has 14 heavy (non-hydrogen) atoms. The summed E-state index contributed by atoms with van der Waals surface area (Å²) < 4.78 is 0. The van der Waals surface area contributed by atoms with Crippen molar-refractivity contribution in [2.24, 2.45) is 0 Å². The van der Waals surface area contributed by atoms with E-state index in [1.165, 1.54) is 25.7 Å². The van der Waals surface area contributed by atoms with Gasteiger partial charge in [0, 0.05) is 11.3 Å². The number of hydrogen-bond acceptors (Lipinski definition) is 4. The average molecular weight is 190 g/mol. The summed E-state index contributed by atoms with van der Waals surface area (Å²) in [6.07, 6.45) is 4.78. The minimum Gasteiger partial charge on any atom is -0.368 e. The summed E-state index contributed by atoms with van der Waals surface area (Å²) in [6.45, 7) is 2.19. The Kier molecular flexibility index (Phi) is 1.42. The molecule has 4 heteroatoms. The summed E-state index contributed by atoms with van der Waals surface area (Å²) in [5.41, 5.74) is 5.88. The molecule has 0 saturated heterocycles. The Morgan fingerprint density at radius 1 is 1.21 bits per heavy atom. The van der Waals surface area contributed by atoms with Gasteiger partial charge in [-0.15, -0.1) is 0 Å². The summed E-state index contributed by atoms with van der Waals surface area (Å²) >= 11 is 0. The molecule has 0 bridgehead atoms. The first-order valence-electron chi connectivity index (χ1n) is 5.19. The van der Waals surface area contributed by atoms with Crippen molar-refractivity contribution in [3.63, 3.8) is 0 Å². The highest BCUT2D eigenvalue weighted by molar-refractivity contribution is 5.25. The maximum atomic E-state index is 5.69. The van der Waals surface area contributed by atoms with Crippen molar-refractivity contribution >= 4 is 5.95 Å². The fourth-order valence-electron chi connectivity index (χ4n) is 1.61. The van der Waals surface area contributed by atoms with E-state index in [9.17, 15) is 0 Å². The van der Waals surface area contributed by atoms with Gasteiger partial charge in [-0.3, -0.25) is 0 Å². The van der Waals surface area contributed by atoms with Gasteiger partial charge in [0.1, 0.15) is 11.6 Å². The maximum Gasteiger partial charge on any atom is 0.223 e. The number of anilines is 1. The number of nitrogens with zero attached hydrogens (tertiary/aromatic N) is 3. The molecule has 0 spiro atoms. The third-order valence-electron chi connectivity index (χ3n) is 3.15. The minimum absolute atomic E-state index is 0.195. The fourth-order valence-corrected chi connectivity index (χ4v) is 1.61. The van der Waals surface area contributed by atoms with Gasteiger partial charge in [-0.05, 0) is 25.7 Å². The fraction of sp³-hybridized carbons (Fsp3) is 0.700. The van der Waals surface area contributed by atoms with Crippen LogP contribution in [0.4, 0.5) is 5.95 Å². The molecule has 0 amide bonds. The molecule has 1 aromatic heterocycles. The summed E-state index contributed by atoms with van der Waals surface area (Å²) in [6, 6.07) is 0. The van der Waals surface area contributed by atoms with E-state index in [-0.39, 0.29) is 5.41 Å². The molecule has 4 nitrogen and oxygen atoms in total. The first kappa shape index (κ1) is 8.15. The molecule has 1 heterocycles. The van der Waals surface area contributed by atoms with Crippen LogP contribution in [0, 0.1) is 0 Å². The predicted octanol–water partition coefficient (Wildman–Crippen LogP) is 1.38. The van der Waals surface area contributed by atoms with E-state index in [1.807, 2.05) is 0 Å². The number of nitrogens with two attached hydrogens (primary N) is 1. The van der Waals surface area contributed by atoms with Gasteiger partial charge < -0.3 is 5.73 Å². The van der Waals surface area contributed by atoms with E-state index in [4.69, 9.17) is 5.73 Å². The summed E-state index contributed by atoms with van der Waals surface area (Å²) in [5.74, 6) is 2.78. The van der Waals surface area contributed by atoms with Gasteiger partial charge in [0.15, 0.2) is 0 Å². The largest absolute Gasteiger partial charge is 0.368 e. The van der Waals surface area contributed by atoms with Gasteiger partial charge in [-0.25, -0.2) is 4.98 Å². The molecule has 0 aliphatic heterocycles. The molecular formula is C10H14N4. The van der Waals surface area contributed by atoms with Crippen molar-refractivity contribution in [1.29, 1.82) is 0 Å². The molecule has 2 aliphatic carbocycles. The van der Waals surface area contributed by atoms with E-state index in [0.29, 0.717) is 11.9 Å². The van der Waals surface area contributed by atoms with Gasteiger partial charge in [0.25, 0.3) is 0 Å². The summed E-state index contributed by atoms with van der Waals surface area (Å²) in [7, 11) is 0. The normalized spacial score (nSPS) is 23.5. The second-order valence-corrected chi connectivity index (χ2v) is 4.71. The van der Waals surface area contributed by atoms with Crippen LogP contribution in [-0.2, 0) is 5.41 Å². The molecule has 0 aromatic carbocycles. The highest BCUT2D eigenvalue weighted by Gasteiger charge is 2.43. The molecular weight excluding hydrogens is 176 g/mol. The smallest absolute Gasteiger partial charge is 0.223 e. The van der Waals surface area contributed by atoms with Crippen LogP contribution in [0.1, 0.15) is 50.2 Å². The number of hydrogen-bond donors (Lipinski definition) is 1. The Morgan fingerprint density at radius 2 is 1.93 bits per heavy atom. The number of rotatable bonds is 2. The molecule has 3 rings (SSSR count). The van der Waals surface area contributed by atoms with Crippen LogP contribution in [0.2, 0.25) is 0 Å². The van der Waals surface area contributed by atoms with E-state index in [1.54, 1.807) is 0 Å². The SMILES string of the molecule is CC1(c2nc(N)nc(C3CC3)n2)CC1. The van der Waals surface area contributed by atoms with Crippen LogP contribution in [-0.4, -0.2) is 15.0 Å². The van der Waals surface area contributed by atoms with Crippen LogP contribution >= 0.6 is 0 Å². The van der Waals surface area contributed by atoms with Crippen LogP contribution < -0.4 is 5.73 Å². The van der Waals surface area contributed by atoms with Crippen LogP contribution in [0.25, 0.3) is 0 Å². The Bertz CT molecular complexity index is 380. The zero-order valence-electron chi connectivity index (χ0n) is 8.32. The maximum absolute atomic E-state index is 5.69. The van der Waals surface area contributed by atoms with E-state index >= 15 is 0 Å². The second-order valence-electron chi connectivity index (χ2n) is 4.71. The first-order chi connectivity index (χ1) is 6.67. The summed E-state index contributed by atoms with van der Waals surface area (Å²) in [5, 5.41) is 0. The molecule has 74 valence electrons. The number of aromatic nitrogens is 3. The van der Waals surface area contributed by atoms with E-state index < -0.39 is 0 Å². The van der Waals surface area contributed by atoms with Crippen molar-refractivity contribution in [3.8, 4) is 0 Å². The Morgan fingerprint density at radius 3 is 2.50 bits per heavy atom. The van der Waals surface area contributed by atoms with Crippen molar-refractivity contribution in [3.05, 3.63) is 11.6 Å². The van der Waals surface area contributed by atoms with E-state index in [0.717, 1.165) is 11.6 Å². The van der Waals surface area contributed by atoms with Crippen molar-refractivity contribution in [2.45, 2.75) is 43.9 Å². The lowest BCUT2D eigenvalue weighted by atomic mass is 10.1. The highest BCUT2D eigenvalue weighted by atomic mass is 15.1.